The zero-order valence-corrected chi connectivity index (χ0v) is 17.7. The van der Waals surface area contributed by atoms with E-state index in [2.05, 4.69) is 65.2 Å². The number of nitrogens with one attached hydrogen (secondary N) is 1. The molecule has 0 saturated carbocycles. The SMILES string of the molecule is C=Cc1ncc(OCC2=CCC=Cc3ccccc32)c(NC(CCO)CCCC)n1. The molecule has 158 valence electrons. The molecule has 0 amide bonds. The Bertz CT molecular complexity index is 905. The number of aliphatic hydroxyl groups is 1. The average molecular weight is 406 g/mol. The fourth-order valence-corrected chi connectivity index (χ4v) is 3.52. The van der Waals surface area contributed by atoms with Crippen LogP contribution in [0, 0.1) is 0 Å². The number of fused-ring (bicyclic) bond motifs is 1. The van der Waals surface area contributed by atoms with Crippen LogP contribution < -0.4 is 10.1 Å². The summed E-state index contributed by atoms with van der Waals surface area (Å²) >= 11 is 0. The molecule has 0 fully saturated rings. The van der Waals surface area contributed by atoms with Gasteiger partial charge in [0, 0.05) is 12.6 Å². The molecule has 30 heavy (non-hydrogen) atoms. The first kappa shape index (κ1) is 21.8. The van der Waals surface area contributed by atoms with Crippen LogP contribution in [0.5, 0.6) is 5.75 Å². The minimum Gasteiger partial charge on any atom is -0.483 e. The second-order valence-electron chi connectivity index (χ2n) is 7.38. The minimum atomic E-state index is 0.131. The van der Waals surface area contributed by atoms with Gasteiger partial charge in [0.2, 0.25) is 0 Å². The number of hydrogen-bond acceptors (Lipinski definition) is 5. The lowest BCUT2D eigenvalue weighted by atomic mass is 10.0. The lowest BCUT2D eigenvalue weighted by molar-refractivity contribution is 0.275. The van der Waals surface area contributed by atoms with E-state index in [-0.39, 0.29) is 12.6 Å². The number of ether oxygens (including phenoxy) is 1. The number of rotatable bonds is 11. The van der Waals surface area contributed by atoms with E-state index in [0.717, 1.165) is 31.3 Å². The number of benzene rings is 1. The Morgan fingerprint density at radius 2 is 2.17 bits per heavy atom. The molecule has 1 unspecified atom stereocenters. The van der Waals surface area contributed by atoms with Gasteiger partial charge < -0.3 is 15.2 Å². The van der Waals surface area contributed by atoms with Crippen molar-refractivity contribution in [2.75, 3.05) is 18.5 Å². The Kier molecular flexibility index (Phi) is 8.21. The molecular weight excluding hydrogens is 374 g/mol. The lowest BCUT2D eigenvalue weighted by Crippen LogP contribution is -2.22. The summed E-state index contributed by atoms with van der Waals surface area (Å²) in [6, 6.07) is 8.47. The fourth-order valence-electron chi connectivity index (χ4n) is 3.52. The predicted octanol–water partition coefficient (Wildman–Crippen LogP) is 5.35. The third kappa shape index (κ3) is 5.80. The van der Waals surface area contributed by atoms with Gasteiger partial charge in [-0.15, -0.1) is 0 Å². The van der Waals surface area contributed by atoms with Crippen LogP contribution in [-0.2, 0) is 0 Å². The van der Waals surface area contributed by atoms with E-state index in [1.807, 2.05) is 6.07 Å². The molecule has 2 N–H and O–H groups in total. The Labute approximate surface area is 179 Å². The summed E-state index contributed by atoms with van der Waals surface area (Å²) in [6.45, 7) is 6.50. The quantitative estimate of drug-likeness (QED) is 0.527. The van der Waals surface area contributed by atoms with Crippen LogP contribution in [0.1, 0.15) is 56.0 Å². The maximum atomic E-state index is 9.44. The molecule has 1 aromatic carbocycles. The summed E-state index contributed by atoms with van der Waals surface area (Å²) in [5, 5.41) is 12.9. The average Bonchev–Trinajstić information content (AvgIpc) is 2.99. The van der Waals surface area contributed by atoms with Crippen molar-refractivity contribution in [1.82, 2.24) is 9.97 Å². The molecule has 5 nitrogen and oxygen atoms in total. The summed E-state index contributed by atoms with van der Waals surface area (Å²) in [5.74, 6) is 1.80. The van der Waals surface area contributed by atoms with Crippen molar-refractivity contribution >= 4 is 23.5 Å². The van der Waals surface area contributed by atoms with E-state index in [1.54, 1.807) is 12.3 Å². The monoisotopic (exact) mass is 405 g/mol. The first-order valence-corrected chi connectivity index (χ1v) is 10.7. The molecular formula is C25H31N3O2. The number of anilines is 1. The summed E-state index contributed by atoms with van der Waals surface area (Å²) in [7, 11) is 0. The standard InChI is InChI=1S/C25H31N3O2/c1-3-5-13-21(15-16-29)27-25-23(17-26-24(4-2)28-25)30-18-20-12-7-6-10-19-11-8-9-14-22(19)20/h4,6,8-12,14,17,21,29H,2-3,5,7,13,15-16,18H2,1H3,(H,26,27,28). The van der Waals surface area contributed by atoms with Gasteiger partial charge in [-0.3, -0.25) is 0 Å². The van der Waals surface area contributed by atoms with E-state index in [0.29, 0.717) is 30.4 Å². The summed E-state index contributed by atoms with van der Waals surface area (Å²) in [5.41, 5.74) is 3.53. The van der Waals surface area contributed by atoms with E-state index in [1.165, 1.54) is 11.1 Å². The minimum absolute atomic E-state index is 0.131. The van der Waals surface area contributed by atoms with Gasteiger partial charge in [0.25, 0.3) is 0 Å². The van der Waals surface area contributed by atoms with Gasteiger partial charge in [-0.25, -0.2) is 9.97 Å². The Hall–Kier alpha value is -2.92. The first-order valence-electron chi connectivity index (χ1n) is 10.7. The topological polar surface area (TPSA) is 67.3 Å². The third-order valence-corrected chi connectivity index (χ3v) is 5.17. The van der Waals surface area contributed by atoms with Gasteiger partial charge in [-0.1, -0.05) is 68.8 Å². The molecule has 1 heterocycles. The molecule has 0 spiro atoms. The maximum Gasteiger partial charge on any atom is 0.180 e. The smallest absolute Gasteiger partial charge is 0.180 e. The Morgan fingerprint density at radius 3 is 2.97 bits per heavy atom. The van der Waals surface area contributed by atoms with E-state index < -0.39 is 0 Å². The van der Waals surface area contributed by atoms with E-state index >= 15 is 0 Å². The molecule has 0 aliphatic heterocycles. The van der Waals surface area contributed by atoms with Gasteiger partial charge in [0.05, 0.1) is 6.20 Å². The van der Waals surface area contributed by atoms with Crippen LogP contribution in [0.15, 0.2) is 49.2 Å². The van der Waals surface area contributed by atoms with Crippen molar-refractivity contribution in [3.05, 3.63) is 66.1 Å². The Morgan fingerprint density at radius 1 is 1.30 bits per heavy atom. The van der Waals surface area contributed by atoms with Gasteiger partial charge in [0.15, 0.2) is 17.4 Å². The zero-order valence-electron chi connectivity index (χ0n) is 17.7. The zero-order chi connectivity index (χ0) is 21.2. The fraction of sp³-hybridized carbons (Fsp3) is 0.360. The van der Waals surface area contributed by atoms with Crippen molar-refractivity contribution in [3.8, 4) is 5.75 Å². The molecule has 1 aromatic heterocycles. The van der Waals surface area contributed by atoms with Crippen LogP contribution >= 0.6 is 0 Å². The van der Waals surface area contributed by atoms with Crippen molar-refractivity contribution < 1.29 is 9.84 Å². The van der Waals surface area contributed by atoms with Crippen LogP contribution in [0.2, 0.25) is 0 Å². The van der Waals surface area contributed by atoms with Gasteiger partial charge in [-0.05, 0) is 42.0 Å². The highest BCUT2D eigenvalue weighted by Gasteiger charge is 2.15. The van der Waals surface area contributed by atoms with Crippen molar-refractivity contribution in [1.29, 1.82) is 0 Å². The first-order chi connectivity index (χ1) is 14.7. The summed E-state index contributed by atoms with van der Waals surface area (Å²) in [6.07, 6.45) is 14.5. The van der Waals surface area contributed by atoms with Crippen LogP contribution in [0.3, 0.4) is 0 Å². The number of hydrogen-bond donors (Lipinski definition) is 2. The molecule has 2 aromatic rings. The molecule has 5 heteroatoms. The van der Waals surface area contributed by atoms with Crippen LogP contribution in [-0.4, -0.2) is 34.3 Å². The normalized spacial score (nSPS) is 13.7. The van der Waals surface area contributed by atoms with Crippen molar-refractivity contribution in [3.63, 3.8) is 0 Å². The summed E-state index contributed by atoms with van der Waals surface area (Å²) in [4.78, 5) is 8.89. The highest BCUT2D eigenvalue weighted by atomic mass is 16.5. The third-order valence-electron chi connectivity index (χ3n) is 5.17. The van der Waals surface area contributed by atoms with Crippen molar-refractivity contribution in [2.45, 2.75) is 45.1 Å². The second-order valence-corrected chi connectivity index (χ2v) is 7.38. The van der Waals surface area contributed by atoms with Crippen LogP contribution in [0.25, 0.3) is 17.7 Å². The summed E-state index contributed by atoms with van der Waals surface area (Å²) < 4.78 is 6.19. The number of unbranched alkanes of at least 4 members (excludes halogenated alkanes) is 1. The number of aromatic nitrogens is 2. The van der Waals surface area contributed by atoms with Gasteiger partial charge in [-0.2, -0.15) is 0 Å². The van der Waals surface area contributed by atoms with Gasteiger partial charge >= 0.3 is 0 Å². The largest absolute Gasteiger partial charge is 0.483 e. The van der Waals surface area contributed by atoms with E-state index in [4.69, 9.17) is 4.74 Å². The maximum absolute atomic E-state index is 9.44. The molecule has 0 radical (unpaired) electrons. The molecule has 1 aliphatic rings. The molecule has 3 rings (SSSR count). The Balaban J connectivity index is 1.79. The van der Waals surface area contributed by atoms with Crippen LogP contribution in [0.4, 0.5) is 5.82 Å². The molecule has 0 bridgehead atoms. The number of aliphatic hydroxyl groups excluding tert-OH is 1. The second kappa shape index (κ2) is 11.3. The lowest BCUT2D eigenvalue weighted by Gasteiger charge is -2.21. The van der Waals surface area contributed by atoms with Gasteiger partial charge in [0.1, 0.15) is 6.61 Å². The molecule has 0 saturated heterocycles. The number of allylic oxidation sites excluding steroid dienone is 2. The van der Waals surface area contributed by atoms with Crippen molar-refractivity contribution in [2.24, 2.45) is 0 Å². The predicted molar refractivity (Wildman–Crippen MR) is 124 cm³/mol. The van der Waals surface area contributed by atoms with E-state index in [9.17, 15) is 5.11 Å². The number of nitrogens with zero attached hydrogens (tertiary/aromatic N) is 2. The molecule has 1 aliphatic carbocycles. The highest BCUT2D eigenvalue weighted by molar-refractivity contribution is 5.76. The highest BCUT2D eigenvalue weighted by Crippen LogP contribution is 2.28. The molecule has 1 atom stereocenters.